The third-order valence-corrected chi connectivity index (χ3v) is 2.53. The van der Waals surface area contributed by atoms with Crippen molar-refractivity contribution in [3.05, 3.63) is 59.9 Å². The molecule has 0 bridgehead atoms. The van der Waals surface area contributed by atoms with E-state index in [0.29, 0.717) is 0 Å². The van der Waals surface area contributed by atoms with Gasteiger partial charge in [-0.25, -0.2) is 13.2 Å². The maximum atomic E-state index is 13.3. The van der Waals surface area contributed by atoms with E-state index in [2.05, 4.69) is 0 Å². The summed E-state index contributed by atoms with van der Waals surface area (Å²) in [6.45, 7) is 0. The van der Waals surface area contributed by atoms with Crippen LogP contribution in [-0.2, 0) is 9.59 Å². The Labute approximate surface area is 117 Å². The Balaban J connectivity index is 2.10. The number of carbonyl (C=O) groups excluding carboxylic acids is 2. The zero-order valence-corrected chi connectivity index (χ0v) is 10.5. The van der Waals surface area contributed by atoms with Crippen LogP contribution in [-0.4, -0.2) is 11.8 Å². The van der Waals surface area contributed by atoms with Gasteiger partial charge in [0.05, 0.1) is 5.69 Å². The van der Waals surface area contributed by atoms with E-state index in [1.165, 1.54) is 18.2 Å². The first-order valence-corrected chi connectivity index (χ1v) is 5.80. The fraction of sp³-hybridized carbons (Fsp3) is 0. The number of anilines is 2. The van der Waals surface area contributed by atoms with E-state index in [0.717, 1.165) is 24.3 Å². The first kappa shape index (κ1) is 14.6. The standard InChI is InChI=1S/C14H9F3N2O2/c15-8-4-1-2-7-11(8)18-13(20)14(21)19-12-9(16)5-3-6-10(12)17/h1-7H,(H,18,20)(H,19,21). The second-order valence-corrected chi connectivity index (χ2v) is 3.98. The first-order valence-electron chi connectivity index (χ1n) is 5.80. The van der Waals surface area contributed by atoms with Crippen LogP contribution in [0.5, 0.6) is 0 Å². The van der Waals surface area contributed by atoms with E-state index in [1.54, 1.807) is 5.32 Å². The lowest BCUT2D eigenvalue weighted by atomic mass is 10.2. The van der Waals surface area contributed by atoms with Gasteiger partial charge in [0.25, 0.3) is 0 Å². The fourth-order valence-electron chi connectivity index (χ4n) is 1.53. The van der Waals surface area contributed by atoms with Crippen LogP contribution in [0.3, 0.4) is 0 Å². The summed E-state index contributed by atoms with van der Waals surface area (Å²) >= 11 is 0. The number of amides is 2. The van der Waals surface area contributed by atoms with Crippen molar-refractivity contribution in [1.29, 1.82) is 0 Å². The molecule has 2 aromatic rings. The van der Waals surface area contributed by atoms with Crippen molar-refractivity contribution in [2.45, 2.75) is 0 Å². The minimum absolute atomic E-state index is 0.216. The summed E-state index contributed by atoms with van der Waals surface area (Å²) in [4.78, 5) is 23.1. The average molecular weight is 294 g/mol. The first-order chi connectivity index (χ1) is 9.99. The van der Waals surface area contributed by atoms with E-state index in [4.69, 9.17) is 0 Å². The highest BCUT2D eigenvalue weighted by Crippen LogP contribution is 2.18. The van der Waals surface area contributed by atoms with E-state index in [-0.39, 0.29) is 5.69 Å². The zero-order valence-electron chi connectivity index (χ0n) is 10.5. The second-order valence-electron chi connectivity index (χ2n) is 3.98. The second kappa shape index (κ2) is 6.08. The number of carbonyl (C=O) groups is 2. The lowest BCUT2D eigenvalue weighted by molar-refractivity contribution is -0.133. The Morgan fingerprint density at radius 3 is 1.86 bits per heavy atom. The molecule has 0 aliphatic carbocycles. The van der Waals surface area contributed by atoms with Gasteiger partial charge in [-0.1, -0.05) is 18.2 Å². The summed E-state index contributed by atoms with van der Waals surface area (Å²) in [5, 5.41) is 3.79. The highest BCUT2D eigenvalue weighted by atomic mass is 19.1. The lowest BCUT2D eigenvalue weighted by Gasteiger charge is -2.08. The predicted molar refractivity (Wildman–Crippen MR) is 70.0 cm³/mol. The Hall–Kier alpha value is -2.83. The molecule has 0 aliphatic heterocycles. The molecule has 0 radical (unpaired) electrons. The topological polar surface area (TPSA) is 58.2 Å². The molecule has 4 nitrogen and oxygen atoms in total. The summed E-state index contributed by atoms with van der Waals surface area (Å²) in [7, 11) is 0. The largest absolute Gasteiger partial charge is 0.315 e. The molecule has 2 rings (SSSR count). The van der Waals surface area contributed by atoms with Crippen molar-refractivity contribution in [2.75, 3.05) is 10.6 Å². The maximum Gasteiger partial charge on any atom is 0.314 e. The van der Waals surface area contributed by atoms with Crippen LogP contribution in [0.2, 0.25) is 0 Å². The average Bonchev–Trinajstić information content (AvgIpc) is 2.45. The highest BCUT2D eigenvalue weighted by Gasteiger charge is 2.19. The fourth-order valence-corrected chi connectivity index (χ4v) is 1.53. The van der Waals surface area contributed by atoms with Crippen molar-refractivity contribution < 1.29 is 22.8 Å². The quantitative estimate of drug-likeness (QED) is 0.837. The number of hydrogen-bond donors (Lipinski definition) is 2. The molecule has 2 N–H and O–H groups in total. The van der Waals surface area contributed by atoms with Crippen molar-refractivity contribution >= 4 is 23.2 Å². The lowest BCUT2D eigenvalue weighted by Crippen LogP contribution is -2.30. The van der Waals surface area contributed by atoms with E-state index in [9.17, 15) is 22.8 Å². The molecule has 0 aliphatic rings. The van der Waals surface area contributed by atoms with Gasteiger partial charge in [0.2, 0.25) is 0 Å². The van der Waals surface area contributed by atoms with Crippen LogP contribution in [0.15, 0.2) is 42.5 Å². The molecule has 0 unspecified atom stereocenters. The van der Waals surface area contributed by atoms with E-state index in [1.807, 2.05) is 5.32 Å². The van der Waals surface area contributed by atoms with Gasteiger partial charge in [0.1, 0.15) is 23.1 Å². The molecular weight excluding hydrogens is 285 g/mol. The molecule has 0 saturated heterocycles. The molecule has 0 aromatic heterocycles. The minimum atomic E-state index is -1.32. The summed E-state index contributed by atoms with van der Waals surface area (Å²) in [6.07, 6.45) is 0. The normalized spacial score (nSPS) is 10.0. The maximum absolute atomic E-state index is 13.3. The van der Waals surface area contributed by atoms with Crippen molar-refractivity contribution in [3.8, 4) is 0 Å². The van der Waals surface area contributed by atoms with Gasteiger partial charge in [0.15, 0.2) is 0 Å². The van der Waals surface area contributed by atoms with Gasteiger partial charge < -0.3 is 10.6 Å². The summed E-state index contributed by atoms with van der Waals surface area (Å²) in [6, 6.07) is 8.14. The number of nitrogens with one attached hydrogen (secondary N) is 2. The highest BCUT2D eigenvalue weighted by molar-refractivity contribution is 6.43. The zero-order chi connectivity index (χ0) is 15.4. The smallest absolute Gasteiger partial charge is 0.314 e. The molecule has 21 heavy (non-hydrogen) atoms. The van der Waals surface area contributed by atoms with Gasteiger partial charge in [-0.2, -0.15) is 0 Å². The third kappa shape index (κ3) is 3.38. The molecular formula is C14H9F3N2O2. The molecule has 7 heteroatoms. The van der Waals surface area contributed by atoms with Gasteiger partial charge in [-0.05, 0) is 24.3 Å². The molecule has 2 aromatic carbocycles. The predicted octanol–water partition coefficient (Wildman–Crippen LogP) is 2.68. The molecule has 0 atom stereocenters. The van der Waals surface area contributed by atoms with Crippen molar-refractivity contribution in [1.82, 2.24) is 0 Å². The van der Waals surface area contributed by atoms with Crippen molar-refractivity contribution in [3.63, 3.8) is 0 Å². The molecule has 0 spiro atoms. The third-order valence-electron chi connectivity index (χ3n) is 2.53. The van der Waals surface area contributed by atoms with Crippen LogP contribution < -0.4 is 10.6 Å². The Morgan fingerprint density at radius 1 is 0.714 bits per heavy atom. The van der Waals surface area contributed by atoms with Gasteiger partial charge in [-0.15, -0.1) is 0 Å². The number of hydrogen-bond acceptors (Lipinski definition) is 2. The number of para-hydroxylation sites is 2. The molecule has 0 heterocycles. The number of rotatable bonds is 2. The summed E-state index contributed by atoms with van der Waals surface area (Å²) < 4.78 is 39.9. The SMILES string of the molecule is O=C(Nc1ccccc1F)C(=O)Nc1c(F)cccc1F. The summed E-state index contributed by atoms with van der Waals surface area (Å²) in [5.41, 5.74) is -0.960. The molecule has 2 amide bonds. The number of benzene rings is 2. The van der Waals surface area contributed by atoms with Crippen LogP contribution >= 0.6 is 0 Å². The molecule has 0 saturated carbocycles. The van der Waals surface area contributed by atoms with Crippen LogP contribution in [0.25, 0.3) is 0 Å². The molecule has 0 fully saturated rings. The van der Waals surface area contributed by atoms with Crippen LogP contribution in [0.4, 0.5) is 24.5 Å². The van der Waals surface area contributed by atoms with Gasteiger partial charge in [0, 0.05) is 0 Å². The van der Waals surface area contributed by atoms with Crippen LogP contribution in [0.1, 0.15) is 0 Å². The number of halogens is 3. The Bertz CT molecular complexity index is 684. The minimum Gasteiger partial charge on any atom is -0.315 e. The van der Waals surface area contributed by atoms with Gasteiger partial charge in [-0.3, -0.25) is 9.59 Å². The molecule has 108 valence electrons. The van der Waals surface area contributed by atoms with Gasteiger partial charge >= 0.3 is 11.8 Å². The Kier molecular flexibility index (Phi) is 4.22. The van der Waals surface area contributed by atoms with Crippen LogP contribution in [0, 0.1) is 17.5 Å². The Morgan fingerprint density at radius 2 is 1.24 bits per heavy atom. The van der Waals surface area contributed by atoms with Crippen molar-refractivity contribution in [2.24, 2.45) is 0 Å². The van der Waals surface area contributed by atoms with E-state index < -0.39 is 35.0 Å². The van der Waals surface area contributed by atoms with E-state index >= 15 is 0 Å². The summed E-state index contributed by atoms with van der Waals surface area (Å²) in [5.74, 6) is -5.36. The monoisotopic (exact) mass is 294 g/mol.